The van der Waals surface area contributed by atoms with Crippen LogP contribution in [-0.2, 0) is 11.0 Å². The molecule has 0 bridgehead atoms. The summed E-state index contributed by atoms with van der Waals surface area (Å²) in [5.41, 5.74) is -1.19. The van der Waals surface area contributed by atoms with Crippen LogP contribution in [0.3, 0.4) is 0 Å². The van der Waals surface area contributed by atoms with E-state index in [2.05, 4.69) is 15.3 Å². The van der Waals surface area contributed by atoms with Crippen molar-refractivity contribution in [2.75, 3.05) is 11.1 Å². The number of hydrogen-bond acceptors (Lipinski definition) is 4. The van der Waals surface area contributed by atoms with Crippen molar-refractivity contribution in [1.82, 2.24) is 9.97 Å². The fourth-order valence-corrected chi connectivity index (χ4v) is 2.41. The Kier molecular flexibility index (Phi) is 5.32. The maximum absolute atomic E-state index is 12.5. The molecule has 2 N–H and O–H groups in total. The Hall–Kier alpha value is -2.00. The third kappa shape index (κ3) is 5.00. The molecule has 23 heavy (non-hydrogen) atoms. The first-order chi connectivity index (χ1) is 10.8. The highest BCUT2D eigenvalue weighted by atomic mass is 35.5. The zero-order chi connectivity index (χ0) is 17.0. The Bertz CT molecular complexity index is 780. The van der Waals surface area contributed by atoms with Gasteiger partial charge >= 0.3 is 6.18 Å². The van der Waals surface area contributed by atoms with Crippen LogP contribution in [0.1, 0.15) is 5.56 Å². The highest BCUT2D eigenvalue weighted by Gasteiger charge is 2.30. The molecule has 10 heteroatoms. The molecule has 5 nitrogen and oxygen atoms in total. The van der Waals surface area contributed by atoms with Gasteiger partial charge in [-0.3, -0.25) is 9.59 Å². The van der Waals surface area contributed by atoms with E-state index in [4.69, 9.17) is 11.6 Å². The normalized spacial score (nSPS) is 11.3. The number of amides is 1. The number of alkyl halides is 3. The summed E-state index contributed by atoms with van der Waals surface area (Å²) < 4.78 is 37.6. The summed E-state index contributed by atoms with van der Waals surface area (Å²) in [7, 11) is 0. The van der Waals surface area contributed by atoms with E-state index in [-0.39, 0.29) is 27.2 Å². The van der Waals surface area contributed by atoms with Gasteiger partial charge in [-0.05, 0) is 18.2 Å². The Morgan fingerprint density at radius 2 is 2.09 bits per heavy atom. The summed E-state index contributed by atoms with van der Waals surface area (Å²) in [5.74, 6) is -0.590. The average Bonchev–Trinajstić information content (AvgIpc) is 2.46. The Labute approximate surface area is 137 Å². The Morgan fingerprint density at radius 3 is 2.70 bits per heavy atom. The van der Waals surface area contributed by atoms with Crippen molar-refractivity contribution < 1.29 is 18.0 Å². The third-order valence-corrected chi connectivity index (χ3v) is 3.76. The van der Waals surface area contributed by atoms with Gasteiger partial charge in [0.1, 0.15) is 0 Å². The van der Waals surface area contributed by atoms with Crippen LogP contribution in [0.5, 0.6) is 0 Å². The lowest BCUT2D eigenvalue weighted by molar-refractivity contribution is -0.137. The van der Waals surface area contributed by atoms with Gasteiger partial charge in [0.15, 0.2) is 5.16 Å². The predicted octanol–water partition coefficient (Wildman–Crippen LogP) is 3.17. The second kappa shape index (κ2) is 7.05. The van der Waals surface area contributed by atoms with Crippen molar-refractivity contribution in [1.29, 1.82) is 0 Å². The molecule has 1 heterocycles. The number of rotatable bonds is 4. The molecule has 0 saturated heterocycles. The number of nitrogens with zero attached hydrogens (tertiary/aromatic N) is 1. The number of aromatic nitrogens is 2. The molecule has 1 amide bonds. The van der Waals surface area contributed by atoms with E-state index in [1.807, 2.05) is 0 Å². The first-order valence-corrected chi connectivity index (χ1v) is 7.47. The van der Waals surface area contributed by atoms with Gasteiger partial charge in [-0.1, -0.05) is 23.4 Å². The highest BCUT2D eigenvalue weighted by Crippen LogP contribution is 2.33. The largest absolute Gasteiger partial charge is 0.416 e. The van der Waals surface area contributed by atoms with Gasteiger partial charge in [0, 0.05) is 12.3 Å². The van der Waals surface area contributed by atoms with Crippen LogP contribution < -0.4 is 10.9 Å². The number of carbonyl (C=O) groups is 1. The third-order valence-electron chi connectivity index (χ3n) is 2.56. The molecule has 1 aromatic heterocycles. The van der Waals surface area contributed by atoms with Crippen LogP contribution >= 0.6 is 23.4 Å². The number of nitrogens with one attached hydrogen (secondary N) is 2. The standard InChI is InChI=1S/C13H9ClF3N3O2S/c14-8-5-7(13(15,16)17)1-2-9(8)19-11(22)6-23-12-18-4-3-10(21)20-12/h1-5H,6H2,(H,19,22)(H,18,20,21). The molecular formula is C13H9ClF3N3O2S. The molecule has 0 radical (unpaired) electrons. The van der Waals surface area contributed by atoms with Crippen LogP contribution in [0.25, 0.3) is 0 Å². The van der Waals surface area contributed by atoms with Crippen molar-refractivity contribution in [3.63, 3.8) is 0 Å². The number of thioether (sulfide) groups is 1. The summed E-state index contributed by atoms with van der Waals surface area (Å²) in [6.45, 7) is 0. The number of carbonyl (C=O) groups excluding carboxylic acids is 1. The van der Waals surface area contributed by atoms with E-state index in [1.54, 1.807) is 0 Å². The summed E-state index contributed by atoms with van der Waals surface area (Å²) in [6.07, 6.45) is -3.21. The van der Waals surface area contributed by atoms with E-state index in [9.17, 15) is 22.8 Å². The monoisotopic (exact) mass is 363 g/mol. The number of halogens is 4. The van der Waals surface area contributed by atoms with Crippen molar-refractivity contribution in [3.05, 3.63) is 51.4 Å². The lowest BCUT2D eigenvalue weighted by atomic mass is 10.2. The van der Waals surface area contributed by atoms with Crippen LogP contribution in [0.15, 0.2) is 40.4 Å². The number of H-pyrrole nitrogens is 1. The minimum Gasteiger partial charge on any atom is -0.324 e. The SMILES string of the molecule is O=C(CSc1nccc(=O)[nH]1)Nc1ccc(C(F)(F)F)cc1Cl. The van der Waals surface area contributed by atoms with Crippen molar-refractivity contribution in [2.24, 2.45) is 0 Å². The van der Waals surface area contributed by atoms with Gasteiger partial charge in [0.25, 0.3) is 5.56 Å². The number of benzene rings is 1. The van der Waals surface area contributed by atoms with Gasteiger partial charge in [-0.2, -0.15) is 13.2 Å². The van der Waals surface area contributed by atoms with E-state index >= 15 is 0 Å². The molecule has 2 aromatic rings. The molecule has 1 aromatic carbocycles. The molecule has 2 rings (SSSR count). The van der Waals surface area contributed by atoms with Crippen molar-refractivity contribution in [3.8, 4) is 0 Å². The summed E-state index contributed by atoms with van der Waals surface area (Å²) in [6, 6.07) is 3.87. The molecule has 0 fully saturated rings. The van der Waals surface area contributed by atoms with Gasteiger partial charge < -0.3 is 10.3 Å². The molecular weight excluding hydrogens is 355 g/mol. The average molecular weight is 364 g/mol. The van der Waals surface area contributed by atoms with E-state index in [1.165, 1.54) is 12.3 Å². The number of aromatic amines is 1. The summed E-state index contributed by atoms with van der Waals surface area (Å²) in [5, 5.41) is 2.43. The summed E-state index contributed by atoms with van der Waals surface area (Å²) >= 11 is 6.71. The smallest absolute Gasteiger partial charge is 0.324 e. The zero-order valence-corrected chi connectivity index (χ0v) is 12.9. The minimum atomic E-state index is -4.51. The maximum atomic E-state index is 12.5. The van der Waals surface area contributed by atoms with Crippen molar-refractivity contribution in [2.45, 2.75) is 11.3 Å². The molecule has 0 atom stereocenters. The van der Waals surface area contributed by atoms with Crippen LogP contribution in [-0.4, -0.2) is 21.6 Å². The van der Waals surface area contributed by atoms with Crippen LogP contribution in [0, 0.1) is 0 Å². The first kappa shape index (κ1) is 17.4. The molecule has 0 saturated carbocycles. The minimum absolute atomic E-state index is 0.0692. The maximum Gasteiger partial charge on any atom is 0.416 e. The Balaban J connectivity index is 1.99. The lowest BCUT2D eigenvalue weighted by Crippen LogP contribution is -2.16. The van der Waals surface area contributed by atoms with Crippen LogP contribution in [0.4, 0.5) is 18.9 Å². The zero-order valence-electron chi connectivity index (χ0n) is 11.3. The van der Waals surface area contributed by atoms with E-state index in [0.29, 0.717) is 0 Å². The molecule has 0 aliphatic carbocycles. The topological polar surface area (TPSA) is 74.8 Å². The highest BCUT2D eigenvalue weighted by molar-refractivity contribution is 7.99. The second-order valence-electron chi connectivity index (χ2n) is 4.27. The molecule has 0 unspecified atom stereocenters. The van der Waals surface area contributed by atoms with E-state index in [0.717, 1.165) is 30.0 Å². The fraction of sp³-hybridized carbons (Fsp3) is 0.154. The fourth-order valence-electron chi connectivity index (χ4n) is 1.54. The second-order valence-corrected chi connectivity index (χ2v) is 5.64. The predicted molar refractivity (Wildman–Crippen MR) is 80.7 cm³/mol. The molecule has 0 aliphatic heterocycles. The van der Waals surface area contributed by atoms with E-state index < -0.39 is 17.6 Å². The van der Waals surface area contributed by atoms with Crippen LogP contribution in [0.2, 0.25) is 5.02 Å². The van der Waals surface area contributed by atoms with Gasteiger partial charge in [-0.15, -0.1) is 0 Å². The quantitative estimate of drug-likeness (QED) is 0.646. The lowest BCUT2D eigenvalue weighted by Gasteiger charge is -2.10. The number of anilines is 1. The first-order valence-electron chi connectivity index (χ1n) is 6.10. The molecule has 122 valence electrons. The van der Waals surface area contributed by atoms with Crippen molar-refractivity contribution >= 4 is 35.0 Å². The molecule has 0 aliphatic rings. The number of hydrogen-bond donors (Lipinski definition) is 2. The molecule has 0 spiro atoms. The van der Waals surface area contributed by atoms with Gasteiger partial charge in [0.05, 0.1) is 22.0 Å². The summed E-state index contributed by atoms with van der Waals surface area (Å²) in [4.78, 5) is 29.1. The van der Waals surface area contributed by atoms with Gasteiger partial charge in [0.2, 0.25) is 5.91 Å². The van der Waals surface area contributed by atoms with Gasteiger partial charge in [-0.25, -0.2) is 4.98 Å². The Morgan fingerprint density at radius 1 is 1.35 bits per heavy atom.